The highest BCUT2D eigenvalue weighted by Crippen LogP contribution is 2.23. The van der Waals surface area contributed by atoms with Gasteiger partial charge in [-0.2, -0.15) is 0 Å². The van der Waals surface area contributed by atoms with Gasteiger partial charge in [-0.1, -0.05) is 15.9 Å². The SMILES string of the molecule is COc1cc(Br)ccc1C(=O)NCC(=O)NC1CC1. The van der Waals surface area contributed by atoms with E-state index in [-0.39, 0.29) is 18.4 Å². The molecule has 0 radical (unpaired) electrons. The van der Waals surface area contributed by atoms with E-state index in [4.69, 9.17) is 4.74 Å². The fourth-order valence-electron chi connectivity index (χ4n) is 1.61. The molecule has 2 N–H and O–H groups in total. The second kappa shape index (κ2) is 6.06. The molecule has 0 spiro atoms. The summed E-state index contributed by atoms with van der Waals surface area (Å²) in [6, 6.07) is 5.41. The number of hydrogen-bond donors (Lipinski definition) is 2. The quantitative estimate of drug-likeness (QED) is 0.861. The molecule has 5 nitrogen and oxygen atoms in total. The number of nitrogens with one attached hydrogen (secondary N) is 2. The summed E-state index contributed by atoms with van der Waals surface area (Å²) in [5, 5.41) is 5.39. The molecule has 0 saturated heterocycles. The number of carbonyl (C=O) groups is 2. The van der Waals surface area contributed by atoms with Crippen molar-refractivity contribution < 1.29 is 14.3 Å². The first kappa shape index (κ1) is 13.9. The van der Waals surface area contributed by atoms with Crippen molar-refractivity contribution in [3.05, 3.63) is 28.2 Å². The van der Waals surface area contributed by atoms with Crippen LogP contribution in [0.4, 0.5) is 0 Å². The molecule has 2 rings (SSSR count). The molecule has 0 unspecified atom stereocenters. The van der Waals surface area contributed by atoms with Gasteiger partial charge in [-0.15, -0.1) is 0 Å². The fraction of sp³-hybridized carbons (Fsp3) is 0.385. The second-order valence-electron chi connectivity index (χ2n) is 4.37. The van der Waals surface area contributed by atoms with Crippen molar-refractivity contribution in [1.29, 1.82) is 0 Å². The van der Waals surface area contributed by atoms with Gasteiger partial charge >= 0.3 is 0 Å². The zero-order valence-electron chi connectivity index (χ0n) is 10.5. The van der Waals surface area contributed by atoms with Crippen LogP contribution in [0, 0.1) is 0 Å². The molecular weight excluding hydrogens is 312 g/mol. The maximum absolute atomic E-state index is 12.0. The summed E-state index contributed by atoms with van der Waals surface area (Å²) < 4.78 is 5.96. The molecule has 19 heavy (non-hydrogen) atoms. The second-order valence-corrected chi connectivity index (χ2v) is 5.28. The maximum atomic E-state index is 12.0. The van der Waals surface area contributed by atoms with Crippen LogP contribution in [0.5, 0.6) is 5.75 Å². The number of amides is 2. The Hall–Kier alpha value is -1.56. The predicted molar refractivity (Wildman–Crippen MR) is 74.2 cm³/mol. The van der Waals surface area contributed by atoms with E-state index >= 15 is 0 Å². The highest BCUT2D eigenvalue weighted by atomic mass is 79.9. The lowest BCUT2D eigenvalue weighted by molar-refractivity contribution is -0.120. The summed E-state index contributed by atoms with van der Waals surface area (Å²) in [6.07, 6.45) is 2.06. The molecule has 102 valence electrons. The van der Waals surface area contributed by atoms with E-state index in [0.717, 1.165) is 17.3 Å². The first-order valence-corrected chi connectivity index (χ1v) is 6.80. The Labute approximate surface area is 119 Å². The van der Waals surface area contributed by atoms with Crippen LogP contribution in [0.2, 0.25) is 0 Å². The highest BCUT2D eigenvalue weighted by molar-refractivity contribution is 9.10. The predicted octanol–water partition coefficient (Wildman–Crippen LogP) is 1.47. The van der Waals surface area contributed by atoms with Crippen LogP contribution < -0.4 is 15.4 Å². The molecule has 0 atom stereocenters. The molecule has 1 aromatic rings. The molecule has 0 bridgehead atoms. The van der Waals surface area contributed by atoms with E-state index in [9.17, 15) is 9.59 Å². The molecule has 1 saturated carbocycles. The first-order chi connectivity index (χ1) is 9.10. The van der Waals surface area contributed by atoms with E-state index in [1.165, 1.54) is 7.11 Å². The van der Waals surface area contributed by atoms with E-state index in [2.05, 4.69) is 26.6 Å². The Balaban J connectivity index is 1.93. The number of hydrogen-bond acceptors (Lipinski definition) is 3. The summed E-state index contributed by atoms with van der Waals surface area (Å²) in [5.74, 6) is -0.0169. The third kappa shape index (κ3) is 3.96. The van der Waals surface area contributed by atoms with Gasteiger partial charge in [-0.25, -0.2) is 0 Å². The molecule has 6 heteroatoms. The number of benzene rings is 1. The summed E-state index contributed by atoms with van der Waals surface area (Å²) in [6.45, 7) is -0.0193. The third-order valence-electron chi connectivity index (χ3n) is 2.76. The minimum absolute atomic E-state index is 0.0193. The molecule has 0 aliphatic heterocycles. The molecular formula is C13H15BrN2O3. The number of carbonyl (C=O) groups excluding carboxylic acids is 2. The summed E-state index contributed by atoms with van der Waals surface area (Å²) in [4.78, 5) is 23.4. The Morgan fingerprint density at radius 2 is 2.16 bits per heavy atom. The van der Waals surface area contributed by atoms with Gasteiger partial charge in [0.25, 0.3) is 5.91 Å². The van der Waals surface area contributed by atoms with Gasteiger partial charge in [0.15, 0.2) is 0 Å². The van der Waals surface area contributed by atoms with Gasteiger partial charge in [0.2, 0.25) is 5.91 Å². The average molecular weight is 327 g/mol. The smallest absolute Gasteiger partial charge is 0.255 e. The third-order valence-corrected chi connectivity index (χ3v) is 3.25. The standard InChI is InChI=1S/C13H15BrN2O3/c1-19-11-6-8(14)2-5-10(11)13(18)15-7-12(17)16-9-3-4-9/h2,5-6,9H,3-4,7H2,1H3,(H,15,18)(H,16,17). The van der Waals surface area contributed by atoms with Crippen molar-refractivity contribution in [3.8, 4) is 5.75 Å². The number of methoxy groups -OCH3 is 1. The summed E-state index contributed by atoms with van der Waals surface area (Å²) in [7, 11) is 1.50. The van der Waals surface area contributed by atoms with Crippen molar-refractivity contribution >= 4 is 27.7 Å². The summed E-state index contributed by atoms with van der Waals surface area (Å²) in [5.41, 5.74) is 0.407. The van der Waals surface area contributed by atoms with Crippen LogP contribution in [0.25, 0.3) is 0 Å². The first-order valence-electron chi connectivity index (χ1n) is 6.01. The van der Waals surface area contributed by atoms with Crippen molar-refractivity contribution in [3.63, 3.8) is 0 Å². The van der Waals surface area contributed by atoms with Gasteiger partial charge in [-0.3, -0.25) is 9.59 Å². The monoisotopic (exact) mass is 326 g/mol. The Morgan fingerprint density at radius 3 is 2.79 bits per heavy atom. The Bertz CT molecular complexity index is 501. The highest BCUT2D eigenvalue weighted by Gasteiger charge is 2.23. The van der Waals surface area contributed by atoms with Gasteiger partial charge < -0.3 is 15.4 Å². The summed E-state index contributed by atoms with van der Waals surface area (Å²) >= 11 is 3.31. The zero-order valence-corrected chi connectivity index (χ0v) is 12.1. The lowest BCUT2D eigenvalue weighted by atomic mass is 10.2. The molecule has 1 aromatic carbocycles. The van der Waals surface area contributed by atoms with Gasteiger partial charge in [0.1, 0.15) is 5.75 Å². The van der Waals surface area contributed by atoms with E-state index in [1.807, 2.05) is 0 Å². The fourth-order valence-corrected chi connectivity index (χ4v) is 1.95. The van der Waals surface area contributed by atoms with Crippen molar-refractivity contribution in [2.45, 2.75) is 18.9 Å². The van der Waals surface area contributed by atoms with Crippen LogP contribution in [0.15, 0.2) is 22.7 Å². The zero-order chi connectivity index (χ0) is 13.8. The minimum atomic E-state index is -0.324. The molecule has 2 amide bonds. The van der Waals surface area contributed by atoms with Crippen LogP contribution in [-0.4, -0.2) is 31.5 Å². The molecule has 1 aliphatic rings. The van der Waals surface area contributed by atoms with Gasteiger partial charge in [0.05, 0.1) is 19.2 Å². The maximum Gasteiger partial charge on any atom is 0.255 e. The lowest BCUT2D eigenvalue weighted by Gasteiger charge is -2.09. The van der Waals surface area contributed by atoms with Crippen LogP contribution in [0.3, 0.4) is 0 Å². The normalized spacial score (nSPS) is 13.8. The lowest BCUT2D eigenvalue weighted by Crippen LogP contribution is -2.37. The Morgan fingerprint density at radius 1 is 1.42 bits per heavy atom. The molecule has 1 fully saturated rings. The van der Waals surface area contributed by atoms with Crippen LogP contribution in [-0.2, 0) is 4.79 Å². The Kier molecular flexibility index (Phi) is 4.42. The average Bonchev–Trinajstić information content (AvgIpc) is 3.19. The van der Waals surface area contributed by atoms with Crippen LogP contribution >= 0.6 is 15.9 Å². The van der Waals surface area contributed by atoms with E-state index < -0.39 is 0 Å². The van der Waals surface area contributed by atoms with Gasteiger partial charge in [-0.05, 0) is 31.0 Å². The van der Waals surface area contributed by atoms with Crippen molar-refractivity contribution in [1.82, 2.24) is 10.6 Å². The van der Waals surface area contributed by atoms with Crippen molar-refractivity contribution in [2.24, 2.45) is 0 Å². The molecule has 1 aliphatic carbocycles. The van der Waals surface area contributed by atoms with E-state index in [0.29, 0.717) is 17.4 Å². The largest absolute Gasteiger partial charge is 0.496 e. The minimum Gasteiger partial charge on any atom is -0.496 e. The van der Waals surface area contributed by atoms with Crippen molar-refractivity contribution in [2.75, 3.05) is 13.7 Å². The molecule has 0 aromatic heterocycles. The van der Waals surface area contributed by atoms with Gasteiger partial charge in [0, 0.05) is 10.5 Å². The topological polar surface area (TPSA) is 67.4 Å². The number of ether oxygens (including phenoxy) is 1. The number of halogens is 1. The van der Waals surface area contributed by atoms with Crippen LogP contribution in [0.1, 0.15) is 23.2 Å². The van der Waals surface area contributed by atoms with E-state index in [1.54, 1.807) is 18.2 Å². The molecule has 0 heterocycles. The number of rotatable bonds is 5.